The zero-order valence-corrected chi connectivity index (χ0v) is 14.1. The summed E-state index contributed by atoms with van der Waals surface area (Å²) >= 11 is 7.68. The van der Waals surface area contributed by atoms with Crippen molar-refractivity contribution < 1.29 is 9.53 Å². The molecule has 0 radical (unpaired) electrons. The summed E-state index contributed by atoms with van der Waals surface area (Å²) in [6.45, 7) is 2.98. The van der Waals surface area contributed by atoms with Gasteiger partial charge < -0.3 is 15.0 Å². The van der Waals surface area contributed by atoms with Crippen molar-refractivity contribution in [3.8, 4) is 0 Å². The molecule has 6 heteroatoms. The van der Waals surface area contributed by atoms with Crippen LogP contribution in [0.2, 0.25) is 5.02 Å². The van der Waals surface area contributed by atoms with Crippen molar-refractivity contribution in [3.05, 3.63) is 51.7 Å². The fourth-order valence-electron chi connectivity index (χ4n) is 2.41. The summed E-state index contributed by atoms with van der Waals surface area (Å²) in [5.41, 5.74) is 1.69. The Bertz CT molecular complexity index is 695. The number of carbonyl (C=O) groups excluding carboxylic acids is 1. The summed E-state index contributed by atoms with van der Waals surface area (Å²) in [5.74, 6) is -0.171. The Labute approximate surface area is 144 Å². The number of anilines is 2. The second-order valence-corrected chi connectivity index (χ2v) is 6.51. The Balaban J connectivity index is 1.75. The number of morpholine rings is 1. The zero-order valence-electron chi connectivity index (χ0n) is 12.5. The van der Waals surface area contributed by atoms with E-state index in [0.29, 0.717) is 18.2 Å². The minimum Gasteiger partial charge on any atom is -0.378 e. The smallest absolute Gasteiger partial charge is 0.248 e. The maximum atomic E-state index is 12.2. The van der Waals surface area contributed by atoms with E-state index < -0.39 is 0 Å². The molecule has 1 N–H and O–H groups in total. The van der Waals surface area contributed by atoms with Crippen LogP contribution in [-0.4, -0.2) is 32.2 Å². The molecule has 0 saturated carbocycles. The highest BCUT2D eigenvalue weighted by molar-refractivity contribution is 7.10. The van der Waals surface area contributed by atoms with Crippen LogP contribution in [0.1, 0.15) is 4.88 Å². The molecule has 120 valence electrons. The van der Waals surface area contributed by atoms with Gasteiger partial charge in [-0.05, 0) is 35.7 Å². The topological polar surface area (TPSA) is 41.6 Å². The Hall–Kier alpha value is -1.82. The Kier molecular flexibility index (Phi) is 5.33. The molecule has 2 heterocycles. The van der Waals surface area contributed by atoms with Gasteiger partial charge in [-0.25, -0.2) is 0 Å². The van der Waals surface area contributed by atoms with Crippen LogP contribution in [0.5, 0.6) is 0 Å². The molecule has 4 nitrogen and oxygen atoms in total. The molecule has 23 heavy (non-hydrogen) atoms. The molecule has 1 amide bonds. The molecular weight excluding hydrogens is 332 g/mol. The second kappa shape index (κ2) is 7.64. The van der Waals surface area contributed by atoms with Crippen molar-refractivity contribution in [1.82, 2.24) is 0 Å². The van der Waals surface area contributed by atoms with E-state index in [9.17, 15) is 4.79 Å². The van der Waals surface area contributed by atoms with Crippen LogP contribution in [0.15, 0.2) is 41.8 Å². The average molecular weight is 349 g/mol. The predicted octanol–water partition coefficient (Wildman–Crippen LogP) is 3.89. The lowest BCUT2D eigenvalue weighted by molar-refractivity contribution is -0.111. The van der Waals surface area contributed by atoms with Gasteiger partial charge in [-0.2, -0.15) is 0 Å². The lowest BCUT2D eigenvalue weighted by Gasteiger charge is -2.30. The SMILES string of the molecule is O=C(C=Cc1cccs1)Nc1cc(Cl)ccc1N1CCOCC1. The van der Waals surface area contributed by atoms with Crippen LogP contribution >= 0.6 is 22.9 Å². The molecule has 0 spiro atoms. The number of ether oxygens (including phenoxy) is 1. The Morgan fingerprint density at radius 1 is 1.30 bits per heavy atom. The minimum absolute atomic E-state index is 0.171. The monoisotopic (exact) mass is 348 g/mol. The van der Waals surface area contributed by atoms with Gasteiger partial charge in [0, 0.05) is 29.1 Å². The first-order valence-corrected chi connectivity index (χ1v) is 8.63. The molecule has 2 aromatic rings. The maximum Gasteiger partial charge on any atom is 0.248 e. The molecule has 1 aliphatic rings. The summed E-state index contributed by atoms with van der Waals surface area (Å²) in [6.07, 6.45) is 3.34. The van der Waals surface area contributed by atoms with Gasteiger partial charge in [0.1, 0.15) is 0 Å². The third-order valence-electron chi connectivity index (χ3n) is 3.51. The van der Waals surface area contributed by atoms with Crippen molar-refractivity contribution in [1.29, 1.82) is 0 Å². The molecule has 1 fully saturated rings. The van der Waals surface area contributed by atoms with Crippen LogP contribution in [0.4, 0.5) is 11.4 Å². The summed E-state index contributed by atoms with van der Waals surface area (Å²) in [6, 6.07) is 9.47. The molecule has 0 aliphatic carbocycles. The highest BCUT2D eigenvalue weighted by atomic mass is 35.5. The van der Waals surface area contributed by atoms with Crippen molar-refractivity contribution >= 4 is 46.3 Å². The van der Waals surface area contributed by atoms with E-state index in [4.69, 9.17) is 16.3 Å². The van der Waals surface area contributed by atoms with Gasteiger partial charge in [0.25, 0.3) is 0 Å². The first-order valence-electron chi connectivity index (χ1n) is 7.37. The first-order chi connectivity index (χ1) is 11.2. The summed E-state index contributed by atoms with van der Waals surface area (Å²) in [4.78, 5) is 15.4. The average Bonchev–Trinajstić information content (AvgIpc) is 3.07. The largest absolute Gasteiger partial charge is 0.378 e. The van der Waals surface area contributed by atoms with E-state index >= 15 is 0 Å². The van der Waals surface area contributed by atoms with Gasteiger partial charge in [-0.3, -0.25) is 4.79 Å². The molecule has 3 rings (SSSR count). The van der Waals surface area contributed by atoms with Crippen LogP contribution in [0.3, 0.4) is 0 Å². The van der Waals surface area contributed by atoms with Crippen molar-refractivity contribution in [2.75, 3.05) is 36.5 Å². The molecule has 0 bridgehead atoms. The summed E-state index contributed by atoms with van der Waals surface area (Å²) in [7, 11) is 0. The number of nitrogens with one attached hydrogen (secondary N) is 1. The quantitative estimate of drug-likeness (QED) is 0.852. The number of rotatable bonds is 4. The van der Waals surface area contributed by atoms with Gasteiger partial charge >= 0.3 is 0 Å². The van der Waals surface area contributed by atoms with E-state index in [2.05, 4.69) is 10.2 Å². The fourth-order valence-corrected chi connectivity index (χ4v) is 3.20. The summed E-state index contributed by atoms with van der Waals surface area (Å²) < 4.78 is 5.38. The normalized spacial score (nSPS) is 15.1. The number of hydrogen-bond acceptors (Lipinski definition) is 4. The number of thiophene rings is 1. The van der Waals surface area contributed by atoms with Crippen molar-refractivity contribution in [2.24, 2.45) is 0 Å². The summed E-state index contributed by atoms with van der Waals surface area (Å²) in [5, 5.41) is 5.50. The van der Waals surface area contributed by atoms with Gasteiger partial charge in [0.05, 0.1) is 24.6 Å². The van der Waals surface area contributed by atoms with Crippen molar-refractivity contribution in [3.63, 3.8) is 0 Å². The molecule has 1 aromatic carbocycles. The molecule has 0 atom stereocenters. The lowest BCUT2D eigenvalue weighted by Crippen LogP contribution is -2.36. The van der Waals surface area contributed by atoms with Crippen LogP contribution in [-0.2, 0) is 9.53 Å². The Morgan fingerprint density at radius 3 is 2.87 bits per heavy atom. The van der Waals surface area contributed by atoms with Crippen LogP contribution < -0.4 is 10.2 Å². The van der Waals surface area contributed by atoms with Crippen molar-refractivity contribution in [2.45, 2.75) is 0 Å². The van der Waals surface area contributed by atoms with E-state index in [-0.39, 0.29) is 5.91 Å². The molecule has 1 saturated heterocycles. The third kappa shape index (κ3) is 4.34. The maximum absolute atomic E-state index is 12.2. The zero-order chi connectivity index (χ0) is 16.1. The number of amides is 1. The molecular formula is C17H17ClN2O2S. The Morgan fingerprint density at radius 2 is 2.13 bits per heavy atom. The second-order valence-electron chi connectivity index (χ2n) is 5.10. The van der Waals surface area contributed by atoms with Gasteiger partial charge in [0.2, 0.25) is 5.91 Å². The minimum atomic E-state index is -0.171. The molecule has 1 aromatic heterocycles. The number of nitrogens with zero attached hydrogens (tertiary/aromatic N) is 1. The lowest BCUT2D eigenvalue weighted by atomic mass is 10.2. The third-order valence-corrected chi connectivity index (χ3v) is 4.58. The predicted molar refractivity (Wildman–Crippen MR) is 96.5 cm³/mol. The van der Waals surface area contributed by atoms with E-state index in [1.165, 1.54) is 6.08 Å². The fraction of sp³-hybridized carbons (Fsp3) is 0.235. The number of hydrogen-bond donors (Lipinski definition) is 1. The molecule has 1 aliphatic heterocycles. The highest BCUT2D eigenvalue weighted by Gasteiger charge is 2.16. The number of halogens is 1. The van der Waals surface area contributed by atoms with E-state index in [0.717, 1.165) is 29.3 Å². The number of carbonyl (C=O) groups is 1. The first kappa shape index (κ1) is 16.1. The van der Waals surface area contributed by atoms with Gasteiger partial charge in [-0.1, -0.05) is 17.7 Å². The standard InChI is InChI=1S/C17H17ClN2O2S/c18-13-3-5-16(20-7-9-22-10-8-20)15(12-13)19-17(21)6-4-14-2-1-11-23-14/h1-6,11-12H,7-10H2,(H,19,21). The van der Waals surface area contributed by atoms with E-state index in [1.54, 1.807) is 23.5 Å². The van der Waals surface area contributed by atoms with E-state index in [1.807, 2.05) is 29.6 Å². The van der Waals surface area contributed by atoms with Crippen LogP contribution in [0.25, 0.3) is 6.08 Å². The van der Waals surface area contributed by atoms with Gasteiger partial charge in [0.15, 0.2) is 0 Å². The van der Waals surface area contributed by atoms with Crippen LogP contribution in [0, 0.1) is 0 Å². The highest BCUT2D eigenvalue weighted by Crippen LogP contribution is 2.30. The van der Waals surface area contributed by atoms with Gasteiger partial charge in [-0.15, -0.1) is 11.3 Å². The molecule has 0 unspecified atom stereocenters. The number of benzene rings is 1.